The highest BCUT2D eigenvalue weighted by molar-refractivity contribution is 6.05. The number of ether oxygens (including phenoxy) is 1. The summed E-state index contributed by atoms with van der Waals surface area (Å²) in [5, 5.41) is 3.23. The normalized spacial score (nSPS) is 10.6. The molecule has 0 atom stereocenters. The summed E-state index contributed by atoms with van der Waals surface area (Å²) in [7, 11) is 3.34. The number of hydrogen-bond acceptors (Lipinski definition) is 3. The van der Waals surface area contributed by atoms with E-state index in [1.807, 2.05) is 25.1 Å². The Morgan fingerprint density at radius 1 is 1.17 bits per heavy atom. The molecule has 122 valence electrons. The van der Waals surface area contributed by atoms with Crippen LogP contribution in [0.4, 0.5) is 5.69 Å². The molecule has 5 nitrogen and oxygen atoms in total. The second-order valence-corrected chi connectivity index (χ2v) is 5.69. The number of anilines is 1. The van der Waals surface area contributed by atoms with E-state index in [1.54, 1.807) is 49.2 Å². The smallest absolute Gasteiger partial charge is 0.261 e. The van der Waals surface area contributed by atoms with Crippen molar-refractivity contribution in [2.75, 3.05) is 12.4 Å². The number of nitrogens with zero attached hydrogens (tertiary/aromatic N) is 1. The molecule has 24 heavy (non-hydrogen) atoms. The van der Waals surface area contributed by atoms with E-state index < -0.39 is 5.91 Å². The number of amides is 1. The van der Waals surface area contributed by atoms with Gasteiger partial charge < -0.3 is 14.6 Å². The zero-order valence-corrected chi connectivity index (χ0v) is 13.8. The number of hydrogen-bond donors (Lipinski definition) is 1. The molecule has 5 heteroatoms. The number of carbonyl (C=O) groups is 1. The average Bonchev–Trinajstić information content (AvgIpc) is 2.57. The molecular formula is C19H18N2O3. The number of carbonyl (C=O) groups excluding carboxylic acids is 1. The van der Waals surface area contributed by atoms with Gasteiger partial charge in [0, 0.05) is 18.9 Å². The van der Waals surface area contributed by atoms with E-state index in [1.165, 1.54) is 0 Å². The van der Waals surface area contributed by atoms with Gasteiger partial charge in [-0.1, -0.05) is 12.1 Å². The average molecular weight is 322 g/mol. The van der Waals surface area contributed by atoms with Crippen molar-refractivity contribution >= 4 is 22.5 Å². The van der Waals surface area contributed by atoms with E-state index >= 15 is 0 Å². The Bertz CT molecular complexity index is 990. The molecule has 1 aromatic heterocycles. The maximum absolute atomic E-state index is 12.7. The second-order valence-electron chi connectivity index (χ2n) is 5.69. The number of rotatable bonds is 3. The van der Waals surface area contributed by atoms with Gasteiger partial charge in [-0.2, -0.15) is 0 Å². The maximum Gasteiger partial charge on any atom is 0.261 e. The number of aromatic nitrogens is 1. The summed E-state index contributed by atoms with van der Waals surface area (Å²) >= 11 is 0. The molecule has 1 N–H and O–H groups in total. The highest BCUT2D eigenvalue weighted by Gasteiger charge is 2.15. The summed E-state index contributed by atoms with van der Waals surface area (Å²) in [5.41, 5.74) is 2.22. The molecule has 3 rings (SSSR count). The molecule has 0 fully saturated rings. The number of fused-ring (bicyclic) bond motifs is 1. The van der Waals surface area contributed by atoms with Crippen molar-refractivity contribution in [3.8, 4) is 5.75 Å². The molecule has 0 radical (unpaired) electrons. The van der Waals surface area contributed by atoms with Crippen LogP contribution in [0.3, 0.4) is 0 Å². The molecule has 0 saturated carbocycles. The predicted octanol–water partition coefficient (Wildman–Crippen LogP) is 3.11. The lowest BCUT2D eigenvalue weighted by Gasteiger charge is -2.11. The second kappa shape index (κ2) is 6.20. The molecule has 0 aliphatic rings. The topological polar surface area (TPSA) is 60.3 Å². The van der Waals surface area contributed by atoms with Gasteiger partial charge in [-0.3, -0.25) is 9.59 Å². The van der Waals surface area contributed by atoms with Gasteiger partial charge in [0.05, 0.1) is 18.0 Å². The molecule has 0 saturated heterocycles. The number of aryl methyl sites for hydroxylation is 2. The lowest BCUT2D eigenvalue weighted by atomic mass is 10.1. The van der Waals surface area contributed by atoms with Crippen molar-refractivity contribution < 1.29 is 9.53 Å². The van der Waals surface area contributed by atoms with Crippen LogP contribution in [0.15, 0.2) is 53.5 Å². The third kappa shape index (κ3) is 2.88. The first-order valence-electron chi connectivity index (χ1n) is 7.55. The Morgan fingerprint density at radius 2 is 1.96 bits per heavy atom. The van der Waals surface area contributed by atoms with Gasteiger partial charge in [0.1, 0.15) is 11.3 Å². The van der Waals surface area contributed by atoms with E-state index in [0.29, 0.717) is 16.8 Å². The summed E-state index contributed by atoms with van der Waals surface area (Å²) in [6, 6.07) is 12.7. The molecule has 0 aliphatic carbocycles. The largest absolute Gasteiger partial charge is 0.497 e. The number of nitrogens with one attached hydrogen (secondary N) is 1. The molecule has 0 unspecified atom stereocenters. The van der Waals surface area contributed by atoms with Crippen LogP contribution in [0.2, 0.25) is 0 Å². The molecule has 0 aliphatic heterocycles. The molecule has 3 aromatic rings. The Kier molecular flexibility index (Phi) is 4.08. The van der Waals surface area contributed by atoms with Crippen LogP contribution in [0.1, 0.15) is 15.9 Å². The fourth-order valence-electron chi connectivity index (χ4n) is 2.68. The molecular weight excluding hydrogens is 304 g/mol. The third-order valence-electron chi connectivity index (χ3n) is 3.92. The van der Waals surface area contributed by atoms with Crippen LogP contribution in [0.5, 0.6) is 5.75 Å². The van der Waals surface area contributed by atoms with E-state index in [4.69, 9.17) is 4.74 Å². The SMILES string of the molecule is COc1ccc2c(c1)c(=O)c(C(=O)Nc1cccc(C)c1)cn2C. The minimum Gasteiger partial charge on any atom is -0.497 e. The Hall–Kier alpha value is -3.08. The van der Waals surface area contributed by atoms with Gasteiger partial charge in [0.15, 0.2) is 0 Å². The molecule has 0 bridgehead atoms. The predicted molar refractivity (Wildman–Crippen MR) is 94.9 cm³/mol. The first-order valence-corrected chi connectivity index (χ1v) is 7.55. The van der Waals surface area contributed by atoms with Crippen LogP contribution in [0, 0.1) is 6.92 Å². The van der Waals surface area contributed by atoms with Crippen LogP contribution in [0.25, 0.3) is 10.9 Å². The van der Waals surface area contributed by atoms with Crippen LogP contribution in [-0.4, -0.2) is 17.6 Å². The van der Waals surface area contributed by atoms with Crippen molar-refractivity contribution in [2.24, 2.45) is 7.05 Å². The van der Waals surface area contributed by atoms with Crippen molar-refractivity contribution in [3.63, 3.8) is 0 Å². The van der Waals surface area contributed by atoms with E-state index in [2.05, 4.69) is 5.32 Å². The van der Waals surface area contributed by atoms with Crippen molar-refractivity contribution in [1.82, 2.24) is 4.57 Å². The number of benzene rings is 2. The summed E-state index contributed by atoms with van der Waals surface area (Å²) in [6.45, 7) is 1.94. The van der Waals surface area contributed by atoms with Gasteiger partial charge >= 0.3 is 0 Å². The highest BCUT2D eigenvalue weighted by atomic mass is 16.5. The van der Waals surface area contributed by atoms with Crippen LogP contribution in [-0.2, 0) is 7.05 Å². The standard InChI is InChI=1S/C19H18N2O3/c1-12-5-4-6-13(9-12)20-19(23)16-11-21(2)17-8-7-14(24-3)10-15(17)18(16)22/h4-11H,1-3H3,(H,20,23). The van der Waals surface area contributed by atoms with Gasteiger partial charge in [-0.25, -0.2) is 0 Å². The first kappa shape index (κ1) is 15.8. The lowest BCUT2D eigenvalue weighted by molar-refractivity contribution is 0.102. The molecule has 0 spiro atoms. The van der Waals surface area contributed by atoms with Crippen molar-refractivity contribution in [3.05, 3.63) is 70.0 Å². The molecule has 1 heterocycles. The molecule has 2 aromatic carbocycles. The van der Waals surface area contributed by atoms with E-state index in [0.717, 1.165) is 11.1 Å². The number of pyridine rings is 1. The Labute approximate surface area is 139 Å². The van der Waals surface area contributed by atoms with Gasteiger partial charge in [-0.15, -0.1) is 0 Å². The fourth-order valence-corrected chi connectivity index (χ4v) is 2.68. The number of methoxy groups -OCH3 is 1. The molecule has 1 amide bonds. The van der Waals surface area contributed by atoms with E-state index in [-0.39, 0.29) is 11.0 Å². The van der Waals surface area contributed by atoms with Crippen LogP contribution < -0.4 is 15.5 Å². The maximum atomic E-state index is 12.7. The third-order valence-corrected chi connectivity index (χ3v) is 3.92. The van der Waals surface area contributed by atoms with Crippen LogP contribution >= 0.6 is 0 Å². The van der Waals surface area contributed by atoms with E-state index in [9.17, 15) is 9.59 Å². The minimum atomic E-state index is -0.425. The summed E-state index contributed by atoms with van der Waals surface area (Å²) in [5.74, 6) is 0.154. The van der Waals surface area contributed by atoms with Gasteiger partial charge in [-0.05, 0) is 42.8 Å². The lowest BCUT2D eigenvalue weighted by Crippen LogP contribution is -2.23. The quantitative estimate of drug-likeness (QED) is 0.806. The summed E-state index contributed by atoms with van der Waals surface area (Å²) in [6.07, 6.45) is 1.56. The van der Waals surface area contributed by atoms with Crippen molar-refractivity contribution in [2.45, 2.75) is 6.92 Å². The highest BCUT2D eigenvalue weighted by Crippen LogP contribution is 2.19. The zero-order valence-electron chi connectivity index (χ0n) is 13.8. The zero-order chi connectivity index (χ0) is 17.3. The van der Waals surface area contributed by atoms with Gasteiger partial charge in [0.25, 0.3) is 5.91 Å². The Balaban J connectivity index is 2.07. The Morgan fingerprint density at radius 3 is 2.67 bits per heavy atom. The monoisotopic (exact) mass is 322 g/mol. The summed E-state index contributed by atoms with van der Waals surface area (Å²) in [4.78, 5) is 25.3. The minimum absolute atomic E-state index is 0.0970. The first-order chi connectivity index (χ1) is 11.5. The van der Waals surface area contributed by atoms with Crippen molar-refractivity contribution in [1.29, 1.82) is 0 Å². The van der Waals surface area contributed by atoms with Gasteiger partial charge in [0.2, 0.25) is 5.43 Å². The fraction of sp³-hybridized carbons (Fsp3) is 0.158. The summed E-state index contributed by atoms with van der Waals surface area (Å²) < 4.78 is 6.94.